The van der Waals surface area contributed by atoms with Crippen molar-refractivity contribution in [3.8, 4) is 23.8 Å². The maximum atomic E-state index is 13.0. The molecule has 2 N–H and O–H groups in total. The standard InChI is InChI=1S/C41H37N5O7/c1-4-23-51-36-35(47)33(53-40(36)46-26-44-34-37(42-25-43-38(34)46)45-39(48)27-11-7-5-8-12-27)24-52-41(28-13-9-6-10-14-28,29-15-19-31(49-2)20-16-29)30-17-21-32(50-3)22-18-30/h1,5-22,25-26,33,35-36,40,47H,23-24H2,2-3H3,(H,42,43,45,48)/t33?,35-,36-,40-/m1/s1. The number of ether oxygens (including phenoxy) is 5. The van der Waals surface area contributed by atoms with Gasteiger partial charge in [0.05, 0.1) is 27.2 Å². The highest BCUT2D eigenvalue weighted by Crippen LogP contribution is 2.43. The number of aromatic nitrogens is 4. The van der Waals surface area contributed by atoms with Gasteiger partial charge in [0.25, 0.3) is 5.91 Å². The van der Waals surface area contributed by atoms with Crippen molar-refractivity contribution < 1.29 is 33.6 Å². The van der Waals surface area contributed by atoms with Gasteiger partial charge in [-0.2, -0.15) is 0 Å². The van der Waals surface area contributed by atoms with Gasteiger partial charge in [-0.1, -0.05) is 78.7 Å². The Bertz CT molecular complexity index is 2140. The molecule has 4 aromatic carbocycles. The summed E-state index contributed by atoms with van der Waals surface area (Å²) in [7, 11) is 3.23. The van der Waals surface area contributed by atoms with Crippen molar-refractivity contribution in [1.82, 2.24) is 19.5 Å². The maximum absolute atomic E-state index is 13.0. The van der Waals surface area contributed by atoms with Crippen LogP contribution >= 0.6 is 0 Å². The molecule has 2 aromatic heterocycles. The third kappa shape index (κ3) is 6.94. The van der Waals surface area contributed by atoms with Gasteiger partial charge in [0.2, 0.25) is 0 Å². The number of rotatable bonds is 13. The fourth-order valence-electron chi connectivity index (χ4n) is 6.58. The predicted molar refractivity (Wildman–Crippen MR) is 196 cm³/mol. The number of fused-ring (bicyclic) bond motifs is 1. The summed E-state index contributed by atoms with van der Waals surface area (Å²) in [5, 5.41) is 14.6. The molecule has 0 saturated carbocycles. The molecule has 7 rings (SSSR count). The van der Waals surface area contributed by atoms with E-state index >= 15 is 0 Å². The maximum Gasteiger partial charge on any atom is 0.256 e. The van der Waals surface area contributed by atoms with Crippen LogP contribution in [0, 0.1) is 12.3 Å². The summed E-state index contributed by atoms with van der Waals surface area (Å²) in [6.45, 7) is -0.151. The van der Waals surface area contributed by atoms with Crippen LogP contribution < -0.4 is 14.8 Å². The summed E-state index contributed by atoms with van der Waals surface area (Å²) in [4.78, 5) is 26.2. The van der Waals surface area contributed by atoms with Crippen molar-refractivity contribution >= 4 is 22.9 Å². The van der Waals surface area contributed by atoms with E-state index in [1.807, 2.05) is 84.9 Å². The Hall–Kier alpha value is -6.10. The molecule has 1 aliphatic heterocycles. The van der Waals surface area contributed by atoms with Gasteiger partial charge in [0, 0.05) is 5.56 Å². The van der Waals surface area contributed by atoms with Crippen LogP contribution in [0.4, 0.5) is 5.82 Å². The van der Waals surface area contributed by atoms with Crippen LogP contribution in [0.5, 0.6) is 11.5 Å². The van der Waals surface area contributed by atoms with Gasteiger partial charge in [-0.15, -0.1) is 6.42 Å². The number of carbonyl (C=O) groups is 1. The molecule has 3 heterocycles. The Morgan fingerprint density at radius 3 is 2.08 bits per heavy atom. The number of hydrogen-bond donors (Lipinski definition) is 2. The zero-order valence-corrected chi connectivity index (χ0v) is 29.0. The first-order chi connectivity index (χ1) is 26.0. The molecule has 53 heavy (non-hydrogen) atoms. The van der Waals surface area contributed by atoms with Crippen molar-refractivity contribution in [3.63, 3.8) is 0 Å². The molecule has 268 valence electrons. The summed E-state index contributed by atoms with van der Waals surface area (Å²) in [5.74, 6) is 3.73. The smallest absolute Gasteiger partial charge is 0.256 e. The second kappa shape index (κ2) is 15.6. The second-order valence-corrected chi connectivity index (χ2v) is 12.2. The van der Waals surface area contributed by atoms with E-state index in [0.717, 1.165) is 16.7 Å². The summed E-state index contributed by atoms with van der Waals surface area (Å²) in [5.41, 5.74) is 2.47. The third-order valence-corrected chi connectivity index (χ3v) is 9.21. The number of methoxy groups -OCH3 is 2. The number of hydrogen-bond acceptors (Lipinski definition) is 10. The molecule has 1 amide bonds. The van der Waals surface area contributed by atoms with Gasteiger partial charge in [-0.25, -0.2) is 15.0 Å². The number of aliphatic hydroxyl groups is 1. The lowest BCUT2D eigenvalue weighted by Crippen LogP contribution is -2.40. The van der Waals surface area contributed by atoms with Crippen molar-refractivity contribution in [3.05, 3.63) is 144 Å². The molecule has 0 radical (unpaired) electrons. The minimum Gasteiger partial charge on any atom is -0.497 e. The molecule has 0 bridgehead atoms. The molecule has 1 aliphatic rings. The Labute approximate surface area is 306 Å². The predicted octanol–water partition coefficient (Wildman–Crippen LogP) is 5.38. The largest absolute Gasteiger partial charge is 0.497 e. The minimum absolute atomic E-state index is 0.0689. The van der Waals surface area contributed by atoms with Crippen LogP contribution in [0.2, 0.25) is 0 Å². The fourth-order valence-corrected chi connectivity index (χ4v) is 6.58. The number of anilines is 1. The zero-order valence-electron chi connectivity index (χ0n) is 29.0. The van der Waals surface area contributed by atoms with Gasteiger partial charge in [0.1, 0.15) is 48.3 Å². The van der Waals surface area contributed by atoms with Gasteiger partial charge in [0.15, 0.2) is 23.2 Å². The molecule has 0 aliphatic carbocycles. The van der Waals surface area contributed by atoms with Crippen molar-refractivity contribution in [2.45, 2.75) is 30.1 Å². The number of nitrogens with zero attached hydrogens (tertiary/aromatic N) is 4. The van der Waals surface area contributed by atoms with Crippen LogP contribution in [0.25, 0.3) is 11.2 Å². The molecule has 4 atom stereocenters. The molecule has 1 saturated heterocycles. The lowest BCUT2D eigenvalue weighted by molar-refractivity contribution is -0.0953. The molecule has 1 fully saturated rings. The van der Waals surface area contributed by atoms with Crippen molar-refractivity contribution in [1.29, 1.82) is 0 Å². The van der Waals surface area contributed by atoms with Crippen LogP contribution in [-0.2, 0) is 19.8 Å². The van der Waals surface area contributed by atoms with E-state index in [2.05, 4.69) is 26.2 Å². The van der Waals surface area contributed by atoms with Gasteiger partial charge >= 0.3 is 0 Å². The van der Waals surface area contributed by atoms with E-state index in [1.54, 1.807) is 43.1 Å². The first-order valence-electron chi connectivity index (χ1n) is 16.9. The zero-order chi connectivity index (χ0) is 36.8. The Morgan fingerprint density at radius 1 is 0.868 bits per heavy atom. The van der Waals surface area contributed by atoms with E-state index in [0.29, 0.717) is 28.2 Å². The highest BCUT2D eigenvalue weighted by atomic mass is 16.6. The summed E-state index contributed by atoms with van der Waals surface area (Å²) >= 11 is 0. The molecule has 6 aromatic rings. The molecule has 12 heteroatoms. The van der Waals surface area contributed by atoms with E-state index in [9.17, 15) is 9.90 Å². The summed E-state index contributed by atoms with van der Waals surface area (Å²) in [6, 6.07) is 33.9. The molecular formula is C41H37N5O7. The first-order valence-corrected chi connectivity index (χ1v) is 16.9. The quantitative estimate of drug-likeness (QED) is 0.119. The number of amides is 1. The van der Waals surface area contributed by atoms with Crippen LogP contribution in [-0.4, -0.2) is 76.3 Å². The number of benzene rings is 4. The van der Waals surface area contributed by atoms with Crippen molar-refractivity contribution in [2.75, 3.05) is 32.8 Å². The highest BCUT2D eigenvalue weighted by molar-refractivity contribution is 6.06. The minimum atomic E-state index is -1.18. The topological polar surface area (TPSA) is 139 Å². The number of aliphatic hydroxyl groups excluding tert-OH is 1. The van der Waals surface area contributed by atoms with Gasteiger partial charge < -0.3 is 34.1 Å². The molecular weight excluding hydrogens is 674 g/mol. The van der Waals surface area contributed by atoms with E-state index in [4.69, 9.17) is 30.1 Å². The lowest BCUT2D eigenvalue weighted by atomic mass is 9.80. The van der Waals surface area contributed by atoms with Crippen LogP contribution in [0.15, 0.2) is 122 Å². The Kier molecular flexibility index (Phi) is 10.4. The second-order valence-electron chi connectivity index (χ2n) is 12.2. The SMILES string of the molecule is C#CCO[C@@H]1[C@H](O)C(COC(c2ccccc2)(c2ccc(OC)cc2)c2ccc(OC)cc2)O[C@H]1n1cnc2c(NC(=O)c3ccccc3)ncnc21. The van der Waals surface area contributed by atoms with E-state index < -0.39 is 30.1 Å². The lowest BCUT2D eigenvalue weighted by Gasteiger charge is -2.37. The van der Waals surface area contributed by atoms with E-state index in [1.165, 1.54) is 12.7 Å². The third-order valence-electron chi connectivity index (χ3n) is 9.21. The van der Waals surface area contributed by atoms with Gasteiger partial charge in [-0.05, 0) is 53.1 Å². The van der Waals surface area contributed by atoms with Gasteiger partial charge in [-0.3, -0.25) is 9.36 Å². The Balaban J connectivity index is 1.24. The molecule has 0 spiro atoms. The number of nitrogens with one attached hydrogen (secondary N) is 1. The van der Waals surface area contributed by atoms with Crippen LogP contribution in [0.3, 0.4) is 0 Å². The first kappa shape index (κ1) is 35.3. The fraction of sp³-hybridized carbons (Fsp3) is 0.220. The molecule has 12 nitrogen and oxygen atoms in total. The number of carbonyl (C=O) groups excluding carboxylic acids is 1. The average molecular weight is 712 g/mol. The summed E-state index contributed by atoms with van der Waals surface area (Å²) < 4.78 is 32.2. The summed E-state index contributed by atoms with van der Waals surface area (Å²) in [6.07, 6.45) is 4.50. The molecule has 1 unspecified atom stereocenters. The Morgan fingerprint density at radius 2 is 1.47 bits per heavy atom. The monoisotopic (exact) mass is 711 g/mol. The highest BCUT2D eigenvalue weighted by Gasteiger charge is 2.48. The normalized spacial score (nSPS) is 18.4. The number of imidazole rings is 1. The average Bonchev–Trinajstić information content (AvgIpc) is 3.79. The van der Waals surface area contributed by atoms with E-state index in [-0.39, 0.29) is 24.9 Å². The van der Waals surface area contributed by atoms with Crippen LogP contribution in [0.1, 0.15) is 33.3 Å². The number of terminal acetylenes is 1. The van der Waals surface area contributed by atoms with Crippen molar-refractivity contribution in [2.24, 2.45) is 0 Å².